The molecule has 4 heteroatoms. The molecule has 0 aliphatic rings. The molecule has 1 aromatic carbocycles. The van der Waals surface area contributed by atoms with Gasteiger partial charge in [0.05, 0.1) is 0 Å². The molecule has 21 heavy (non-hydrogen) atoms. The molecule has 3 aromatic rings. The maximum atomic E-state index is 5.82. The Balaban J connectivity index is 2.06. The van der Waals surface area contributed by atoms with Crippen molar-refractivity contribution in [2.45, 2.75) is 46.1 Å². The Bertz CT molecular complexity index is 727. The zero-order valence-corrected chi connectivity index (χ0v) is 12.7. The zero-order valence-electron chi connectivity index (χ0n) is 12.7. The van der Waals surface area contributed by atoms with E-state index < -0.39 is 0 Å². The van der Waals surface area contributed by atoms with Crippen LogP contribution in [0.1, 0.15) is 39.0 Å². The number of benzene rings is 1. The molecule has 0 N–H and O–H groups in total. The Hall–Kier alpha value is -2.10. The van der Waals surface area contributed by atoms with Gasteiger partial charge in [0.15, 0.2) is 0 Å². The Labute approximate surface area is 124 Å². The average molecular weight is 283 g/mol. The topological polar surface area (TPSA) is 43.9 Å². The van der Waals surface area contributed by atoms with Crippen LogP contribution in [0.4, 0.5) is 0 Å². The second-order valence-electron chi connectivity index (χ2n) is 5.34. The minimum Gasteiger partial charge on any atom is -0.419 e. The minimum absolute atomic E-state index is 0.630. The zero-order chi connectivity index (χ0) is 14.7. The Kier molecular flexibility index (Phi) is 4.04. The maximum Gasteiger partial charge on any atom is 0.264 e. The van der Waals surface area contributed by atoms with Crippen LogP contribution in [-0.4, -0.2) is 14.8 Å². The van der Waals surface area contributed by atoms with Crippen molar-refractivity contribution in [3.63, 3.8) is 0 Å². The summed E-state index contributed by atoms with van der Waals surface area (Å²) in [6.07, 6.45) is 4.15. The summed E-state index contributed by atoms with van der Waals surface area (Å²) >= 11 is 0. The summed E-state index contributed by atoms with van der Waals surface area (Å²) in [5.41, 5.74) is 2.26. The lowest BCUT2D eigenvalue weighted by molar-refractivity contribution is 0.497. The van der Waals surface area contributed by atoms with Crippen LogP contribution < -0.4 is 0 Å². The highest BCUT2D eigenvalue weighted by Gasteiger charge is 2.15. The average Bonchev–Trinajstić information content (AvgIpc) is 3.09. The first-order chi connectivity index (χ1) is 10.3. The van der Waals surface area contributed by atoms with E-state index in [-0.39, 0.29) is 0 Å². The van der Waals surface area contributed by atoms with Gasteiger partial charge in [0.2, 0.25) is 5.89 Å². The number of nitrogens with zero attached hydrogens (tertiary/aromatic N) is 3. The first-order valence-corrected chi connectivity index (χ1v) is 7.74. The summed E-state index contributed by atoms with van der Waals surface area (Å²) < 4.78 is 8.11. The van der Waals surface area contributed by atoms with Crippen molar-refractivity contribution < 1.29 is 4.42 Å². The van der Waals surface area contributed by atoms with Crippen LogP contribution in [0.2, 0.25) is 0 Å². The van der Waals surface area contributed by atoms with Gasteiger partial charge in [-0.3, -0.25) is 0 Å². The molecule has 0 aliphatic carbocycles. The number of hydrogen-bond acceptors (Lipinski definition) is 3. The molecule has 2 aromatic heterocycles. The van der Waals surface area contributed by atoms with Crippen LogP contribution in [0.25, 0.3) is 22.5 Å². The van der Waals surface area contributed by atoms with Crippen molar-refractivity contribution in [1.29, 1.82) is 0 Å². The van der Waals surface area contributed by atoms with Crippen LogP contribution in [0.5, 0.6) is 0 Å². The molecule has 2 heterocycles. The molecule has 0 amide bonds. The van der Waals surface area contributed by atoms with E-state index in [0.717, 1.165) is 43.8 Å². The highest BCUT2D eigenvalue weighted by atomic mass is 16.4. The van der Waals surface area contributed by atoms with Crippen molar-refractivity contribution in [3.05, 3.63) is 36.2 Å². The van der Waals surface area contributed by atoms with Gasteiger partial charge in [0.1, 0.15) is 5.69 Å². The first-order valence-electron chi connectivity index (χ1n) is 7.74. The van der Waals surface area contributed by atoms with E-state index in [4.69, 9.17) is 4.42 Å². The molecule has 110 valence electrons. The molecule has 0 bridgehead atoms. The standard InChI is InChI=1S/C17H21N3O/c1-3-5-11-20-14-10-7-6-9-13(14)12-15(20)17-19-18-16(21-17)8-4-2/h6-7,9-10,12H,3-5,8,11H2,1-2H3. The smallest absolute Gasteiger partial charge is 0.264 e. The Morgan fingerprint density at radius 1 is 1.10 bits per heavy atom. The molecule has 3 rings (SSSR count). The number of aromatic nitrogens is 3. The van der Waals surface area contributed by atoms with E-state index in [1.807, 2.05) is 0 Å². The third-order valence-electron chi connectivity index (χ3n) is 3.70. The Morgan fingerprint density at radius 3 is 2.76 bits per heavy atom. The third kappa shape index (κ3) is 2.71. The molecule has 0 radical (unpaired) electrons. The van der Waals surface area contributed by atoms with E-state index in [1.165, 1.54) is 10.9 Å². The van der Waals surface area contributed by atoms with Gasteiger partial charge >= 0.3 is 0 Å². The van der Waals surface area contributed by atoms with Crippen molar-refractivity contribution in [2.24, 2.45) is 0 Å². The maximum absolute atomic E-state index is 5.82. The molecule has 0 fully saturated rings. The Morgan fingerprint density at radius 2 is 1.95 bits per heavy atom. The van der Waals surface area contributed by atoms with E-state index in [2.05, 4.69) is 58.9 Å². The van der Waals surface area contributed by atoms with E-state index >= 15 is 0 Å². The third-order valence-corrected chi connectivity index (χ3v) is 3.70. The van der Waals surface area contributed by atoms with E-state index in [9.17, 15) is 0 Å². The second kappa shape index (κ2) is 6.12. The van der Waals surface area contributed by atoms with Gasteiger partial charge in [-0.05, 0) is 25.0 Å². The molecule has 0 saturated heterocycles. The summed E-state index contributed by atoms with van der Waals surface area (Å²) in [4.78, 5) is 0. The number of para-hydroxylation sites is 1. The molecular formula is C17H21N3O. The molecule has 0 atom stereocenters. The van der Waals surface area contributed by atoms with Gasteiger partial charge in [-0.2, -0.15) is 0 Å². The van der Waals surface area contributed by atoms with Crippen molar-refractivity contribution in [3.8, 4) is 11.6 Å². The van der Waals surface area contributed by atoms with Gasteiger partial charge in [-0.1, -0.05) is 38.5 Å². The molecule has 0 aliphatic heterocycles. The first kappa shape index (κ1) is 13.9. The number of unbranched alkanes of at least 4 members (excludes halogenated alkanes) is 1. The van der Waals surface area contributed by atoms with Crippen LogP contribution in [0.15, 0.2) is 34.7 Å². The van der Waals surface area contributed by atoms with Gasteiger partial charge in [-0.15, -0.1) is 10.2 Å². The van der Waals surface area contributed by atoms with E-state index in [1.54, 1.807) is 0 Å². The molecule has 0 unspecified atom stereocenters. The van der Waals surface area contributed by atoms with Crippen molar-refractivity contribution in [1.82, 2.24) is 14.8 Å². The molecule has 0 spiro atoms. The van der Waals surface area contributed by atoms with Gasteiger partial charge < -0.3 is 8.98 Å². The van der Waals surface area contributed by atoms with E-state index in [0.29, 0.717) is 5.89 Å². The number of aryl methyl sites for hydroxylation is 2. The predicted molar refractivity (Wildman–Crippen MR) is 84.1 cm³/mol. The van der Waals surface area contributed by atoms with Crippen LogP contribution in [-0.2, 0) is 13.0 Å². The number of hydrogen-bond donors (Lipinski definition) is 0. The predicted octanol–water partition coefficient (Wildman–Crippen LogP) is 4.44. The monoisotopic (exact) mass is 283 g/mol. The van der Waals surface area contributed by atoms with Gasteiger partial charge in [-0.25, -0.2) is 0 Å². The number of rotatable bonds is 6. The minimum atomic E-state index is 0.630. The fourth-order valence-corrected chi connectivity index (χ4v) is 2.62. The summed E-state index contributed by atoms with van der Waals surface area (Å²) in [6, 6.07) is 10.6. The summed E-state index contributed by atoms with van der Waals surface area (Å²) in [6.45, 7) is 5.30. The SMILES string of the molecule is CCCCn1c(-c2nnc(CCC)o2)cc2ccccc21. The van der Waals surface area contributed by atoms with Crippen LogP contribution >= 0.6 is 0 Å². The fourth-order valence-electron chi connectivity index (χ4n) is 2.62. The summed E-state index contributed by atoms with van der Waals surface area (Å²) in [5, 5.41) is 9.60. The summed E-state index contributed by atoms with van der Waals surface area (Å²) in [5.74, 6) is 1.35. The van der Waals surface area contributed by atoms with Gasteiger partial charge in [0, 0.05) is 23.9 Å². The lowest BCUT2D eigenvalue weighted by Gasteiger charge is -2.07. The van der Waals surface area contributed by atoms with Crippen LogP contribution in [0.3, 0.4) is 0 Å². The highest BCUT2D eigenvalue weighted by molar-refractivity contribution is 5.85. The second-order valence-corrected chi connectivity index (χ2v) is 5.34. The van der Waals surface area contributed by atoms with Crippen LogP contribution in [0, 0.1) is 0 Å². The van der Waals surface area contributed by atoms with Crippen molar-refractivity contribution in [2.75, 3.05) is 0 Å². The normalized spacial score (nSPS) is 11.3. The lowest BCUT2D eigenvalue weighted by Crippen LogP contribution is -1.99. The largest absolute Gasteiger partial charge is 0.419 e. The van der Waals surface area contributed by atoms with Gasteiger partial charge in [0.25, 0.3) is 5.89 Å². The molecule has 4 nitrogen and oxygen atoms in total. The summed E-state index contributed by atoms with van der Waals surface area (Å²) in [7, 11) is 0. The molecular weight excluding hydrogens is 262 g/mol. The molecule has 0 saturated carbocycles. The lowest BCUT2D eigenvalue weighted by atomic mass is 10.2. The van der Waals surface area contributed by atoms with Crippen molar-refractivity contribution >= 4 is 10.9 Å². The highest BCUT2D eigenvalue weighted by Crippen LogP contribution is 2.28. The fraction of sp³-hybridized carbons (Fsp3) is 0.412. The quantitative estimate of drug-likeness (QED) is 0.671. The number of fused-ring (bicyclic) bond motifs is 1.